The molecule has 0 saturated carbocycles. The molecule has 0 fully saturated rings. The van der Waals surface area contributed by atoms with Crippen molar-refractivity contribution < 1.29 is 51.3 Å². The molecular formula is C38H39N5O11S. The number of azo groups is 1. The second kappa shape index (κ2) is 19.2. The molecular weight excluding hydrogens is 735 g/mol. The fourth-order valence-corrected chi connectivity index (χ4v) is 5.79. The van der Waals surface area contributed by atoms with Gasteiger partial charge in [0.2, 0.25) is 11.9 Å². The average Bonchev–Trinajstić information content (AvgIpc) is 3.51. The monoisotopic (exact) mass is 773 g/mol. The lowest BCUT2D eigenvalue weighted by atomic mass is 10.0. The summed E-state index contributed by atoms with van der Waals surface area (Å²) in [5.41, 5.74) is 2.15. The van der Waals surface area contributed by atoms with Gasteiger partial charge in [-0.1, -0.05) is 19.1 Å². The first-order chi connectivity index (χ1) is 26.1. The second-order valence-corrected chi connectivity index (χ2v) is 14.1. The number of Topliss-reactive ketones (excluding diaryl/α,β-unsaturated/α-hetero) is 2. The summed E-state index contributed by atoms with van der Waals surface area (Å²) in [6.45, 7) is 4.28. The minimum absolute atomic E-state index is 0.0853. The Bertz CT molecular complexity index is 2150. The number of carbonyl (C=O) groups excluding carboxylic acids is 7. The molecule has 288 valence electrons. The lowest BCUT2D eigenvalue weighted by Gasteiger charge is -2.11. The van der Waals surface area contributed by atoms with Crippen LogP contribution in [0.5, 0.6) is 0 Å². The van der Waals surface area contributed by atoms with E-state index in [9.17, 15) is 42.0 Å². The summed E-state index contributed by atoms with van der Waals surface area (Å²) < 4.78 is 36.0. The summed E-state index contributed by atoms with van der Waals surface area (Å²) in [4.78, 5) is 87.4. The second-order valence-electron chi connectivity index (χ2n) is 12.5. The molecule has 0 spiro atoms. The minimum atomic E-state index is -4.26. The zero-order chi connectivity index (χ0) is 40.1. The zero-order valence-corrected chi connectivity index (χ0v) is 30.6. The number of fused-ring (bicyclic) bond motifs is 1. The molecule has 4 rings (SSSR count). The topological polar surface area (TPSA) is 244 Å². The van der Waals surface area contributed by atoms with Crippen molar-refractivity contribution in [2.75, 3.05) is 28.3 Å². The fourth-order valence-electron chi connectivity index (χ4n) is 5.30. The van der Waals surface area contributed by atoms with Crippen molar-refractivity contribution >= 4 is 73.9 Å². The molecule has 55 heavy (non-hydrogen) atoms. The summed E-state index contributed by atoms with van der Waals surface area (Å²) in [6.07, 6.45) is 3.34. The van der Waals surface area contributed by atoms with Crippen LogP contribution in [0.15, 0.2) is 83.5 Å². The maximum Gasteiger partial charge on any atom is 0.338 e. The Labute approximate surface area is 316 Å². The highest BCUT2D eigenvalue weighted by atomic mass is 32.2. The lowest BCUT2D eigenvalue weighted by molar-refractivity contribution is -0.126. The van der Waals surface area contributed by atoms with Crippen LogP contribution in [-0.2, 0) is 40.5 Å². The normalized spacial score (nSPS) is 12.7. The third-order valence-electron chi connectivity index (χ3n) is 8.14. The van der Waals surface area contributed by atoms with E-state index in [4.69, 9.17) is 9.29 Å². The largest absolute Gasteiger partial charge is 0.462 e. The molecule has 0 bridgehead atoms. The summed E-state index contributed by atoms with van der Waals surface area (Å²) in [6, 6.07) is 13.0. The van der Waals surface area contributed by atoms with Crippen LogP contribution in [0.1, 0.15) is 82.1 Å². The number of unbranched alkanes of at least 4 members (excludes halogenated alkanes) is 2. The van der Waals surface area contributed by atoms with E-state index in [1.165, 1.54) is 55.5 Å². The number of carbonyl (C=O) groups is 7. The molecule has 3 amide bonds. The van der Waals surface area contributed by atoms with Gasteiger partial charge in [-0.05, 0) is 92.4 Å². The number of ether oxygens (including phenoxy) is 1. The van der Waals surface area contributed by atoms with E-state index in [1.54, 1.807) is 18.2 Å². The summed E-state index contributed by atoms with van der Waals surface area (Å²) >= 11 is 0. The van der Waals surface area contributed by atoms with E-state index < -0.39 is 45.5 Å². The molecule has 0 radical (unpaired) electrons. The van der Waals surface area contributed by atoms with Gasteiger partial charge in [-0.2, -0.15) is 18.6 Å². The van der Waals surface area contributed by atoms with Crippen molar-refractivity contribution in [3.63, 3.8) is 0 Å². The number of allylic oxidation sites excluding steroid dienone is 1. The third-order valence-corrected chi connectivity index (χ3v) is 8.94. The van der Waals surface area contributed by atoms with E-state index in [-0.39, 0.29) is 71.4 Å². The number of nitrogens with zero attached hydrogens (tertiary/aromatic N) is 2. The van der Waals surface area contributed by atoms with Crippen molar-refractivity contribution in [2.24, 2.45) is 10.2 Å². The van der Waals surface area contributed by atoms with E-state index >= 15 is 0 Å². The molecule has 1 aliphatic heterocycles. The number of hydrogen-bond acceptors (Lipinski definition) is 12. The number of ketones is 3. The highest BCUT2D eigenvalue weighted by molar-refractivity contribution is 7.85. The molecule has 1 unspecified atom stereocenters. The number of benzene rings is 3. The van der Waals surface area contributed by atoms with Gasteiger partial charge in [0, 0.05) is 41.0 Å². The molecule has 1 aliphatic rings. The molecule has 0 aliphatic carbocycles. The molecule has 1 heterocycles. The van der Waals surface area contributed by atoms with Crippen LogP contribution in [0.4, 0.5) is 22.7 Å². The highest BCUT2D eigenvalue weighted by Crippen LogP contribution is 2.27. The van der Waals surface area contributed by atoms with Gasteiger partial charge in [0.15, 0.2) is 17.3 Å². The smallest absolute Gasteiger partial charge is 0.338 e. The Morgan fingerprint density at radius 3 is 2.29 bits per heavy atom. The molecule has 0 aromatic heterocycles. The fraction of sp³-hybridized carbons (Fsp3) is 0.289. The van der Waals surface area contributed by atoms with E-state index in [0.29, 0.717) is 37.1 Å². The van der Waals surface area contributed by atoms with Gasteiger partial charge in [0.25, 0.3) is 21.9 Å². The number of amides is 3. The Morgan fingerprint density at radius 2 is 1.60 bits per heavy atom. The minimum Gasteiger partial charge on any atom is -0.462 e. The summed E-state index contributed by atoms with van der Waals surface area (Å²) in [5, 5.41) is 15.8. The molecule has 3 aromatic rings. The number of esters is 1. The Balaban J connectivity index is 1.43. The van der Waals surface area contributed by atoms with Crippen LogP contribution in [0.25, 0.3) is 0 Å². The van der Waals surface area contributed by atoms with Crippen LogP contribution < -0.4 is 16.0 Å². The molecule has 17 heteroatoms. The zero-order valence-electron chi connectivity index (χ0n) is 29.8. The first kappa shape index (κ1) is 41.6. The van der Waals surface area contributed by atoms with Crippen LogP contribution in [-0.4, -0.2) is 72.4 Å². The Kier molecular flexibility index (Phi) is 14.5. The van der Waals surface area contributed by atoms with Crippen molar-refractivity contribution in [1.82, 2.24) is 0 Å². The predicted molar refractivity (Wildman–Crippen MR) is 201 cm³/mol. The predicted octanol–water partition coefficient (Wildman–Crippen LogP) is 5.44. The molecule has 0 saturated heterocycles. The van der Waals surface area contributed by atoms with Gasteiger partial charge in [-0.3, -0.25) is 33.3 Å². The standard InChI is InChI=1S/C38H39N5O11S/c1-3-31(45)8-5-4-6-9-33(46)26-18-27(38(50)54-16-7-17-55(51,52)53)20-30(19-26)40-36(48)24-10-13-28(14-11-24)42-43-35(23(2)44)37(49)39-29-15-12-25-21-34(47)41-32(25)22-29/h3,10-15,18-20,22,35H,1,4-9,16-17,21H2,2H3,(H,39,49)(H,40,48)(H,41,47)(H,51,52,53). The first-order valence-corrected chi connectivity index (χ1v) is 18.7. The molecule has 1 atom stereocenters. The van der Waals surface area contributed by atoms with Gasteiger partial charge < -0.3 is 20.7 Å². The lowest BCUT2D eigenvalue weighted by Crippen LogP contribution is -2.31. The number of anilines is 3. The van der Waals surface area contributed by atoms with Gasteiger partial charge in [0.05, 0.1) is 30.0 Å². The van der Waals surface area contributed by atoms with Crippen molar-refractivity contribution in [3.8, 4) is 0 Å². The maximum absolute atomic E-state index is 13.2. The Morgan fingerprint density at radius 1 is 0.891 bits per heavy atom. The number of nitrogens with one attached hydrogen (secondary N) is 3. The summed E-state index contributed by atoms with van der Waals surface area (Å²) in [5.74, 6) is -4.05. The van der Waals surface area contributed by atoms with Gasteiger partial charge >= 0.3 is 5.97 Å². The summed E-state index contributed by atoms with van der Waals surface area (Å²) in [7, 11) is -4.26. The van der Waals surface area contributed by atoms with Crippen LogP contribution in [0.2, 0.25) is 0 Å². The van der Waals surface area contributed by atoms with E-state index in [0.717, 1.165) is 5.56 Å². The van der Waals surface area contributed by atoms with Crippen LogP contribution >= 0.6 is 0 Å². The molecule has 3 aromatic carbocycles. The van der Waals surface area contributed by atoms with E-state index in [2.05, 4.69) is 32.8 Å². The van der Waals surface area contributed by atoms with Crippen molar-refractivity contribution in [2.45, 2.75) is 57.9 Å². The SMILES string of the molecule is C=CC(=O)CCCCCC(=O)c1cc(NC(=O)c2ccc(N=NC(C(C)=O)C(=O)Nc3ccc4c(c3)NC(=O)C4)cc2)cc(C(=O)OCCCS(=O)(=O)O)c1. The molecule has 16 nitrogen and oxygen atoms in total. The number of rotatable bonds is 20. The van der Waals surface area contributed by atoms with Gasteiger partial charge in [0.1, 0.15) is 0 Å². The van der Waals surface area contributed by atoms with Crippen LogP contribution in [0, 0.1) is 0 Å². The Hall–Kier alpha value is -6.20. The number of hydrogen-bond donors (Lipinski definition) is 4. The first-order valence-electron chi connectivity index (χ1n) is 17.1. The van der Waals surface area contributed by atoms with Crippen molar-refractivity contribution in [1.29, 1.82) is 0 Å². The maximum atomic E-state index is 13.2. The van der Waals surface area contributed by atoms with Gasteiger partial charge in [-0.25, -0.2) is 4.79 Å². The highest BCUT2D eigenvalue weighted by Gasteiger charge is 2.25. The van der Waals surface area contributed by atoms with Gasteiger partial charge in [-0.15, -0.1) is 0 Å². The third kappa shape index (κ3) is 13.0. The average molecular weight is 774 g/mol. The van der Waals surface area contributed by atoms with Crippen molar-refractivity contribution in [3.05, 3.63) is 95.6 Å². The van der Waals surface area contributed by atoms with Crippen LogP contribution in [0.3, 0.4) is 0 Å². The quantitative estimate of drug-likeness (QED) is 0.0214. The molecule has 4 N–H and O–H groups in total. The van der Waals surface area contributed by atoms with E-state index in [1.807, 2.05) is 0 Å².